The molecule has 0 atom stereocenters. The molecular formula is C14H9Cl2NO2. The average molecular weight is 294 g/mol. The van der Waals surface area contributed by atoms with Crippen LogP contribution in [0.3, 0.4) is 0 Å². The molecule has 1 N–H and O–H groups in total. The van der Waals surface area contributed by atoms with Crippen LogP contribution in [0.4, 0.5) is 0 Å². The van der Waals surface area contributed by atoms with Gasteiger partial charge in [-0.2, -0.15) is 0 Å². The van der Waals surface area contributed by atoms with E-state index in [0.29, 0.717) is 21.2 Å². The molecule has 1 heterocycles. The Kier molecular flexibility index (Phi) is 4.20. The lowest BCUT2D eigenvalue weighted by Crippen LogP contribution is -2.05. The molecule has 2 rings (SSSR count). The number of H-pyrrole nitrogens is 1. The number of aromatic nitrogens is 1. The van der Waals surface area contributed by atoms with Crippen LogP contribution in [0.15, 0.2) is 47.4 Å². The molecule has 0 saturated carbocycles. The monoisotopic (exact) mass is 293 g/mol. The standard InChI is InChI=1S/C14H9Cl2NO2/c15-11-3-4-12(16)9(7-11)1-5-13(18)10-2-6-14(19)17-8-10/h1-8H,(H,17,19). The van der Waals surface area contributed by atoms with Crippen molar-refractivity contribution in [1.82, 2.24) is 4.98 Å². The molecule has 96 valence electrons. The van der Waals surface area contributed by atoms with Crippen molar-refractivity contribution in [2.24, 2.45) is 0 Å². The number of carbonyl (C=O) groups is 1. The Morgan fingerprint density at radius 3 is 2.63 bits per heavy atom. The predicted octanol–water partition coefficient (Wildman–Crippen LogP) is 3.58. The van der Waals surface area contributed by atoms with Gasteiger partial charge in [0.15, 0.2) is 5.78 Å². The summed E-state index contributed by atoms with van der Waals surface area (Å²) in [6.45, 7) is 0. The van der Waals surface area contributed by atoms with Crippen molar-refractivity contribution >= 4 is 35.1 Å². The molecule has 0 amide bonds. The van der Waals surface area contributed by atoms with Crippen molar-refractivity contribution in [1.29, 1.82) is 0 Å². The molecule has 2 aromatic rings. The summed E-state index contributed by atoms with van der Waals surface area (Å²) in [5, 5.41) is 1.05. The summed E-state index contributed by atoms with van der Waals surface area (Å²) < 4.78 is 0. The summed E-state index contributed by atoms with van der Waals surface area (Å²) in [5.74, 6) is -0.229. The number of benzene rings is 1. The van der Waals surface area contributed by atoms with Gasteiger partial charge in [0.1, 0.15) is 0 Å². The Labute approximate surface area is 119 Å². The van der Waals surface area contributed by atoms with Crippen molar-refractivity contribution in [3.05, 3.63) is 74.1 Å². The van der Waals surface area contributed by atoms with Gasteiger partial charge in [-0.1, -0.05) is 23.2 Å². The molecule has 0 unspecified atom stereocenters. The van der Waals surface area contributed by atoms with Gasteiger partial charge in [0.2, 0.25) is 5.56 Å². The van der Waals surface area contributed by atoms with E-state index >= 15 is 0 Å². The molecule has 0 aliphatic rings. The van der Waals surface area contributed by atoms with E-state index in [9.17, 15) is 9.59 Å². The molecule has 0 aliphatic carbocycles. The summed E-state index contributed by atoms with van der Waals surface area (Å²) in [5.41, 5.74) is 0.805. The van der Waals surface area contributed by atoms with Crippen molar-refractivity contribution in [2.45, 2.75) is 0 Å². The number of aromatic amines is 1. The Hall–Kier alpha value is -1.84. The zero-order chi connectivity index (χ0) is 13.8. The topological polar surface area (TPSA) is 49.9 Å². The van der Waals surface area contributed by atoms with Gasteiger partial charge in [-0.05, 0) is 42.0 Å². The number of pyridine rings is 1. The normalized spacial score (nSPS) is 10.8. The van der Waals surface area contributed by atoms with Crippen LogP contribution in [-0.4, -0.2) is 10.8 Å². The summed E-state index contributed by atoms with van der Waals surface area (Å²) in [6, 6.07) is 7.76. The minimum absolute atomic E-state index is 0.229. The third-order valence-electron chi connectivity index (χ3n) is 2.44. The number of allylic oxidation sites excluding steroid dienone is 1. The predicted molar refractivity (Wildman–Crippen MR) is 76.9 cm³/mol. The Balaban J connectivity index is 2.22. The third kappa shape index (κ3) is 3.56. The Bertz CT molecular complexity index is 684. The average Bonchev–Trinajstić information content (AvgIpc) is 2.40. The highest BCUT2D eigenvalue weighted by molar-refractivity contribution is 6.34. The molecule has 0 fully saturated rings. The second-order valence-electron chi connectivity index (χ2n) is 3.81. The lowest BCUT2D eigenvalue weighted by molar-refractivity contribution is 0.104. The van der Waals surface area contributed by atoms with Gasteiger partial charge in [-0.3, -0.25) is 9.59 Å². The van der Waals surface area contributed by atoms with E-state index < -0.39 is 0 Å². The van der Waals surface area contributed by atoms with E-state index in [0.717, 1.165) is 0 Å². The van der Waals surface area contributed by atoms with Crippen LogP contribution in [0.2, 0.25) is 10.0 Å². The van der Waals surface area contributed by atoms with Crippen LogP contribution in [0.25, 0.3) is 6.08 Å². The molecule has 1 aromatic heterocycles. The lowest BCUT2D eigenvalue weighted by Gasteiger charge is -1.99. The number of hydrogen-bond donors (Lipinski definition) is 1. The zero-order valence-corrected chi connectivity index (χ0v) is 11.2. The van der Waals surface area contributed by atoms with Crippen LogP contribution < -0.4 is 5.56 Å². The van der Waals surface area contributed by atoms with Gasteiger partial charge in [-0.15, -0.1) is 0 Å². The highest BCUT2D eigenvalue weighted by Gasteiger charge is 2.02. The fraction of sp³-hybridized carbons (Fsp3) is 0. The van der Waals surface area contributed by atoms with Gasteiger partial charge >= 0.3 is 0 Å². The van der Waals surface area contributed by atoms with Crippen LogP contribution in [0.1, 0.15) is 15.9 Å². The first kappa shape index (κ1) is 13.6. The van der Waals surface area contributed by atoms with E-state index in [1.54, 1.807) is 24.3 Å². The number of carbonyl (C=O) groups excluding carboxylic acids is 1. The number of hydrogen-bond acceptors (Lipinski definition) is 2. The van der Waals surface area contributed by atoms with E-state index in [2.05, 4.69) is 4.98 Å². The number of ketones is 1. The minimum Gasteiger partial charge on any atom is -0.328 e. The summed E-state index contributed by atoms with van der Waals surface area (Å²) >= 11 is 11.8. The fourth-order valence-electron chi connectivity index (χ4n) is 1.47. The molecule has 0 aliphatic heterocycles. The molecule has 0 saturated heterocycles. The van der Waals surface area contributed by atoms with Gasteiger partial charge in [-0.25, -0.2) is 0 Å². The maximum atomic E-state index is 11.8. The maximum Gasteiger partial charge on any atom is 0.247 e. The highest BCUT2D eigenvalue weighted by atomic mass is 35.5. The SMILES string of the molecule is O=C(C=Cc1cc(Cl)ccc1Cl)c1ccc(=O)[nH]c1. The van der Waals surface area contributed by atoms with E-state index in [-0.39, 0.29) is 11.3 Å². The second kappa shape index (κ2) is 5.87. The number of rotatable bonds is 3. The molecule has 0 bridgehead atoms. The number of nitrogens with one attached hydrogen (secondary N) is 1. The smallest absolute Gasteiger partial charge is 0.247 e. The Morgan fingerprint density at radius 2 is 1.95 bits per heavy atom. The first-order valence-electron chi connectivity index (χ1n) is 5.42. The largest absolute Gasteiger partial charge is 0.328 e. The molecule has 1 aromatic carbocycles. The maximum absolute atomic E-state index is 11.8. The van der Waals surface area contributed by atoms with Gasteiger partial charge in [0, 0.05) is 27.9 Å². The third-order valence-corrected chi connectivity index (χ3v) is 3.02. The van der Waals surface area contributed by atoms with E-state index in [4.69, 9.17) is 23.2 Å². The van der Waals surface area contributed by atoms with Gasteiger partial charge in [0.05, 0.1) is 0 Å². The first-order valence-corrected chi connectivity index (χ1v) is 6.18. The second-order valence-corrected chi connectivity index (χ2v) is 4.65. The van der Waals surface area contributed by atoms with Crippen molar-refractivity contribution in [3.63, 3.8) is 0 Å². The van der Waals surface area contributed by atoms with Crippen LogP contribution in [-0.2, 0) is 0 Å². The van der Waals surface area contributed by atoms with Gasteiger partial charge in [0.25, 0.3) is 0 Å². The lowest BCUT2D eigenvalue weighted by atomic mass is 10.1. The number of halogens is 2. The fourth-order valence-corrected chi connectivity index (χ4v) is 1.83. The van der Waals surface area contributed by atoms with Crippen molar-refractivity contribution in [2.75, 3.05) is 0 Å². The zero-order valence-electron chi connectivity index (χ0n) is 9.69. The highest BCUT2D eigenvalue weighted by Crippen LogP contribution is 2.21. The molecule has 5 heteroatoms. The molecular weight excluding hydrogens is 285 g/mol. The van der Waals surface area contributed by atoms with E-state index in [1.165, 1.54) is 24.4 Å². The first-order chi connectivity index (χ1) is 9.06. The Morgan fingerprint density at radius 1 is 1.16 bits per heavy atom. The summed E-state index contributed by atoms with van der Waals surface area (Å²) in [7, 11) is 0. The molecule has 19 heavy (non-hydrogen) atoms. The summed E-state index contributed by atoms with van der Waals surface area (Å²) in [4.78, 5) is 25.2. The van der Waals surface area contributed by atoms with Crippen LogP contribution in [0, 0.1) is 0 Å². The van der Waals surface area contributed by atoms with Crippen molar-refractivity contribution < 1.29 is 4.79 Å². The van der Waals surface area contributed by atoms with Crippen molar-refractivity contribution in [3.8, 4) is 0 Å². The minimum atomic E-state index is -0.251. The molecule has 0 radical (unpaired) electrons. The van der Waals surface area contributed by atoms with Gasteiger partial charge < -0.3 is 4.98 Å². The van der Waals surface area contributed by atoms with Crippen LogP contribution in [0.5, 0.6) is 0 Å². The van der Waals surface area contributed by atoms with E-state index in [1.807, 2.05) is 0 Å². The molecule has 3 nitrogen and oxygen atoms in total. The molecule has 0 spiro atoms. The quantitative estimate of drug-likeness (QED) is 0.695. The van der Waals surface area contributed by atoms with Crippen LogP contribution >= 0.6 is 23.2 Å². The summed E-state index contributed by atoms with van der Waals surface area (Å²) in [6.07, 6.45) is 4.33.